The second-order valence-electron chi connectivity index (χ2n) is 2.95. The number of halogens is 4. The van der Waals surface area contributed by atoms with Gasteiger partial charge in [0.1, 0.15) is 15.1 Å². The molecular weight excluding hydrogens is 289 g/mol. The Kier molecular flexibility index (Phi) is 2.60. The van der Waals surface area contributed by atoms with Crippen LogP contribution in [0.4, 0.5) is 8.78 Å². The minimum Gasteiger partial charge on any atom is -0.248 e. The lowest BCUT2D eigenvalue weighted by atomic mass is 10.2. The summed E-state index contributed by atoms with van der Waals surface area (Å²) in [7, 11) is 0. The summed E-state index contributed by atoms with van der Waals surface area (Å²) < 4.78 is 26.5. The fourth-order valence-corrected chi connectivity index (χ4v) is 1.76. The van der Waals surface area contributed by atoms with Crippen molar-refractivity contribution in [1.29, 1.82) is 0 Å². The third-order valence-electron chi connectivity index (χ3n) is 1.92. The molecule has 0 radical (unpaired) electrons. The molecule has 0 bridgehead atoms. The standard InChI is InChI=1S/C9H4BrClF2N2/c1-3-7(13)6(11)8-5(14-3)2-4(12)9(10)15-8/h2H,1H3. The molecule has 0 spiro atoms. The lowest BCUT2D eigenvalue weighted by Crippen LogP contribution is -1.95. The van der Waals surface area contributed by atoms with Crippen LogP contribution in [0.15, 0.2) is 10.7 Å². The quantitative estimate of drug-likeness (QED) is 0.693. The average Bonchev–Trinajstić information content (AvgIpc) is 2.19. The molecular formula is C9H4BrClF2N2. The van der Waals surface area contributed by atoms with Crippen LogP contribution in [-0.4, -0.2) is 9.97 Å². The molecule has 0 amide bonds. The van der Waals surface area contributed by atoms with E-state index in [2.05, 4.69) is 25.9 Å². The van der Waals surface area contributed by atoms with Crippen LogP contribution in [0.2, 0.25) is 5.02 Å². The number of hydrogen-bond donors (Lipinski definition) is 0. The Balaban J connectivity index is 2.93. The second-order valence-corrected chi connectivity index (χ2v) is 4.08. The minimum absolute atomic E-state index is 0.0121. The van der Waals surface area contributed by atoms with E-state index in [1.54, 1.807) is 0 Å². The van der Waals surface area contributed by atoms with Crippen LogP contribution in [0.1, 0.15) is 5.69 Å². The molecule has 0 N–H and O–H groups in total. The molecule has 78 valence electrons. The molecule has 0 unspecified atom stereocenters. The number of rotatable bonds is 0. The lowest BCUT2D eigenvalue weighted by molar-refractivity contribution is 0.607. The van der Waals surface area contributed by atoms with Gasteiger partial charge in [-0.3, -0.25) is 0 Å². The fraction of sp³-hybridized carbons (Fsp3) is 0.111. The summed E-state index contributed by atoms with van der Waals surface area (Å²) in [5.74, 6) is -1.19. The van der Waals surface area contributed by atoms with Gasteiger partial charge in [0.2, 0.25) is 0 Å². The van der Waals surface area contributed by atoms with Gasteiger partial charge in [0.15, 0.2) is 11.6 Å². The lowest BCUT2D eigenvalue weighted by Gasteiger charge is -2.04. The Labute approximate surface area is 97.4 Å². The van der Waals surface area contributed by atoms with Crippen LogP contribution >= 0.6 is 27.5 Å². The zero-order chi connectivity index (χ0) is 11.2. The summed E-state index contributed by atoms with van der Waals surface area (Å²) in [6.45, 7) is 1.46. The maximum atomic E-state index is 13.3. The Hall–Kier alpha value is -0.810. The van der Waals surface area contributed by atoms with E-state index in [1.165, 1.54) is 6.92 Å². The zero-order valence-electron chi connectivity index (χ0n) is 7.48. The largest absolute Gasteiger partial charge is 0.248 e. The first-order valence-corrected chi connectivity index (χ1v) is 5.15. The molecule has 2 heterocycles. The Morgan fingerprint density at radius 1 is 1.33 bits per heavy atom. The number of aryl methyl sites for hydroxylation is 1. The van der Waals surface area contributed by atoms with E-state index in [-0.39, 0.29) is 26.4 Å². The number of fused-ring (bicyclic) bond motifs is 1. The maximum Gasteiger partial charge on any atom is 0.165 e. The molecule has 0 fully saturated rings. The van der Waals surface area contributed by atoms with Gasteiger partial charge in [0, 0.05) is 6.07 Å². The smallest absolute Gasteiger partial charge is 0.165 e. The van der Waals surface area contributed by atoms with E-state index in [0.717, 1.165) is 6.07 Å². The topological polar surface area (TPSA) is 25.8 Å². The fourth-order valence-electron chi connectivity index (χ4n) is 1.20. The first-order chi connectivity index (χ1) is 7.00. The van der Waals surface area contributed by atoms with Crippen molar-refractivity contribution in [3.63, 3.8) is 0 Å². The highest BCUT2D eigenvalue weighted by Gasteiger charge is 2.14. The average molecular weight is 293 g/mol. The molecule has 2 nitrogen and oxygen atoms in total. The maximum absolute atomic E-state index is 13.3. The van der Waals surface area contributed by atoms with Gasteiger partial charge in [-0.15, -0.1) is 0 Å². The van der Waals surface area contributed by atoms with Crippen molar-refractivity contribution >= 4 is 38.6 Å². The second kappa shape index (κ2) is 3.64. The first-order valence-electron chi connectivity index (χ1n) is 3.98. The van der Waals surface area contributed by atoms with Crippen molar-refractivity contribution in [2.24, 2.45) is 0 Å². The third kappa shape index (κ3) is 1.70. The highest BCUT2D eigenvalue weighted by Crippen LogP contribution is 2.27. The summed E-state index contributed by atoms with van der Waals surface area (Å²) in [5.41, 5.74) is 0.503. The SMILES string of the molecule is Cc1nc2cc(F)c(Br)nc2c(Cl)c1F. The molecule has 0 atom stereocenters. The summed E-state index contributed by atoms with van der Waals surface area (Å²) in [5, 5.41) is -0.141. The van der Waals surface area contributed by atoms with E-state index in [1.807, 2.05) is 0 Å². The molecule has 15 heavy (non-hydrogen) atoms. The molecule has 0 aliphatic rings. The van der Waals surface area contributed by atoms with Crippen LogP contribution in [0.5, 0.6) is 0 Å². The summed E-state index contributed by atoms with van der Waals surface area (Å²) in [6.07, 6.45) is 0. The molecule has 2 aromatic heterocycles. The van der Waals surface area contributed by atoms with Gasteiger partial charge in [-0.1, -0.05) is 11.6 Å². The molecule has 0 saturated carbocycles. The molecule has 0 saturated heterocycles. The van der Waals surface area contributed by atoms with E-state index in [0.29, 0.717) is 0 Å². The number of pyridine rings is 2. The number of aromatic nitrogens is 2. The van der Waals surface area contributed by atoms with Crippen molar-refractivity contribution in [2.45, 2.75) is 6.92 Å². The molecule has 0 aliphatic heterocycles. The predicted octanol–water partition coefficient (Wildman–Crippen LogP) is 3.63. The summed E-state index contributed by atoms with van der Waals surface area (Å²) in [6, 6.07) is 1.16. The van der Waals surface area contributed by atoms with Gasteiger partial charge in [-0.05, 0) is 22.9 Å². The Bertz CT molecular complexity index is 554. The van der Waals surface area contributed by atoms with Gasteiger partial charge in [0.05, 0.1) is 11.2 Å². The first kappa shape index (κ1) is 10.7. The molecule has 0 aromatic carbocycles. The summed E-state index contributed by atoms with van der Waals surface area (Å²) in [4.78, 5) is 7.64. The van der Waals surface area contributed by atoms with Gasteiger partial charge in [-0.25, -0.2) is 18.7 Å². The van der Waals surface area contributed by atoms with Gasteiger partial charge in [-0.2, -0.15) is 0 Å². The molecule has 2 rings (SSSR count). The Morgan fingerprint density at radius 3 is 2.67 bits per heavy atom. The predicted molar refractivity (Wildman–Crippen MR) is 56.9 cm³/mol. The zero-order valence-corrected chi connectivity index (χ0v) is 9.83. The summed E-state index contributed by atoms with van der Waals surface area (Å²) >= 11 is 8.63. The molecule has 6 heteroatoms. The highest BCUT2D eigenvalue weighted by atomic mass is 79.9. The monoisotopic (exact) mass is 292 g/mol. The van der Waals surface area contributed by atoms with Crippen LogP contribution in [0.3, 0.4) is 0 Å². The van der Waals surface area contributed by atoms with Crippen molar-refractivity contribution in [1.82, 2.24) is 9.97 Å². The number of hydrogen-bond acceptors (Lipinski definition) is 2. The molecule has 2 aromatic rings. The van der Waals surface area contributed by atoms with Gasteiger partial charge in [0.25, 0.3) is 0 Å². The van der Waals surface area contributed by atoms with E-state index in [9.17, 15) is 8.78 Å². The van der Waals surface area contributed by atoms with Crippen molar-refractivity contribution < 1.29 is 8.78 Å². The van der Waals surface area contributed by atoms with E-state index >= 15 is 0 Å². The van der Waals surface area contributed by atoms with Crippen molar-refractivity contribution in [2.75, 3.05) is 0 Å². The van der Waals surface area contributed by atoms with Gasteiger partial charge < -0.3 is 0 Å². The number of nitrogens with zero attached hydrogens (tertiary/aromatic N) is 2. The van der Waals surface area contributed by atoms with Crippen LogP contribution in [0, 0.1) is 18.6 Å². The van der Waals surface area contributed by atoms with Crippen LogP contribution < -0.4 is 0 Å². The van der Waals surface area contributed by atoms with E-state index < -0.39 is 11.6 Å². The highest BCUT2D eigenvalue weighted by molar-refractivity contribution is 9.10. The van der Waals surface area contributed by atoms with E-state index in [4.69, 9.17) is 11.6 Å². The molecule has 0 aliphatic carbocycles. The van der Waals surface area contributed by atoms with Crippen molar-refractivity contribution in [3.8, 4) is 0 Å². The third-order valence-corrected chi connectivity index (χ3v) is 2.82. The van der Waals surface area contributed by atoms with Crippen LogP contribution in [-0.2, 0) is 0 Å². The van der Waals surface area contributed by atoms with Crippen molar-refractivity contribution in [3.05, 3.63) is 33.0 Å². The van der Waals surface area contributed by atoms with Crippen LogP contribution in [0.25, 0.3) is 11.0 Å². The normalized spacial score (nSPS) is 11.0. The van der Waals surface area contributed by atoms with Gasteiger partial charge >= 0.3 is 0 Å². The minimum atomic E-state index is -0.629. The Morgan fingerprint density at radius 2 is 2.00 bits per heavy atom.